The predicted octanol–water partition coefficient (Wildman–Crippen LogP) is 3.85. The van der Waals surface area contributed by atoms with Gasteiger partial charge >= 0.3 is 0 Å². The third-order valence-corrected chi connectivity index (χ3v) is 7.63. The molecule has 12 nitrogen and oxygen atoms in total. The number of hydrogen-bond acceptors (Lipinski definition) is 9. The third-order valence-electron chi connectivity index (χ3n) is 5.00. The molecule has 4 rings (SSSR count). The first kappa shape index (κ1) is 24.6. The van der Waals surface area contributed by atoms with Crippen molar-refractivity contribution in [2.75, 3.05) is 0 Å². The molecule has 0 aliphatic rings. The average Bonchev–Trinajstić information content (AvgIpc) is 2.76. The van der Waals surface area contributed by atoms with Crippen LogP contribution < -0.4 is 0 Å². The number of fused-ring (bicyclic) bond motifs is 2. The SMILES string of the molecule is O=S(=O)(O)c1ccc2c(N=Nc3ccc(S(=O)(=O)O)c4ccccc34)cc(S(=O)(=O)O)c(O)c2c1. The summed E-state index contributed by atoms with van der Waals surface area (Å²) in [5.74, 6) is -0.977. The van der Waals surface area contributed by atoms with Crippen LogP contribution in [0.1, 0.15) is 0 Å². The van der Waals surface area contributed by atoms with Crippen molar-refractivity contribution in [3.63, 3.8) is 0 Å². The van der Waals surface area contributed by atoms with E-state index < -0.39 is 45.9 Å². The van der Waals surface area contributed by atoms with Crippen molar-refractivity contribution < 1.29 is 44.0 Å². The predicted molar refractivity (Wildman–Crippen MR) is 123 cm³/mol. The molecule has 182 valence electrons. The van der Waals surface area contributed by atoms with Crippen LogP contribution in [0.2, 0.25) is 0 Å². The van der Waals surface area contributed by atoms with E-state index in [1.165, 1.54) is 24.3 Å². The lowest BCUT2D eigenvalue weighted by Crippen LogP contribution is -2.00. The molecule has 4 aromatic carbocycles. The quantitative estimate of drug-likeness (QED) is 0.213. The van der Waals surface area contributed by atoms with Gasteiger partial charge in [0.1, 0.15) is 15.5 Å². The van der Waals surface area contributed by atoms with Gasteiger partial charge in [-0.3, -0.25) is 13.7 Å². The summed E-state index contributed by atoms with van der Waals surface area (Å²) >= 11 is 0. The summed E-state index contributed by atoms with van der Waals surface area (Å²) in [6.45, 7) is 0. The van der Waals surface area contributed by atoms with Crippen LogP contribution >= 0.6 is 0 Å². The molecule has 0 bridgehead atoms. The highest BCUT2D eigenvalue weighted by Crippen LogP contribution is 2.40. The number of phenols is 1. The molecule has 4 aromatic rings. The van der Waals surface area contributed by atoms with Crippen LogP contribution in [-0.4, -0.2) is 44.0 Å². The molecule has 0 radical (unpaired) electrons. The number of hydrogen-bond donors (Lipinski definition) is 4. The maximum absolute atomic E-state index is 11.8. The third kappa shape index (κ3) is 4.72. The summed E-state index contributed by atoms with van der Waals surface area (Å²) < 4.78 is 98.2. The number of phenolic OH excluding ortho intramolecular Hbond substituents is 1. The van der Waals surface area contributed by atoms with Gasteiger partial charge in [0.25, 0.3) is 30.4 Å². The lowest BCUT2D eigenvalue weighted by atomic mass is 10.1. The van der Waals surface area contributed by atoms with Gasteiger partial charge in [-0.25, -0.2) is 0 Å². The zero-order valence-electron chi connectivity index (χ0n) is 17.1. The van der Waals surface area contributed by atoms with E-state index >= 15 is 0 Å². The van der Waals surface area contributed by atoms with Crippen molar-refractivity contribution in [2.24, 2.45) is 10.2 Å². The zero-order valence-corrected chi connectivity index (χ0v) is 19.6. The number of benzene rings is 4. The van der Waals surface area contributed by atoms with Gasteiger partial charge in [-0.15, -0.1) is 10.2 Å². The van der Waals surface area contributed by atoms with Crippen molar-refractivity contribution in [1.82, 2.24) is 0 Å². The fourth-order valence-electron chi connectivity index (χ4n) is 3.46. The van der Waals surface area contributed by atoms with Crippen molar-refractivity contribution in [3.8, 4) is 5.75 Å². The molecule has 0 amide bonds. The van der Waals surface area contributed by atoms with Crippen LogP contribution in [0.25, 0.3) is 21.5 Å². The van der Waals surface area contributed by atoms with Crippen LogP contribution in [0.3, 0.4) is 0 Å². The minimum Gasteiger partial charge on any atom is -0.506 e. The lowest BCUT2D eigenvalue weighted by molar-refractivity contribution is 0.448. The fraction of sp³-hybridized carbons (Fsp3) is 0. The van der Waals surface area contributed by atoms with Crippen molar-refractivity contribution in [1.29, 1.82) is 0 Å². The Balaban J connectivity index is 1.99. The molecule has 0 aromatic heterocycles. The first-order valence-corrected chi connectivity index (χ1v) is 13.7. The Kier molecular flexibility index (Phi) is 5.87. The van der Waals surface area contributed by atoms with E-state index in [1.54, 1.807) is 6.07 Å². The minimum absolute atomic E-state index is 0.0184. The molecule has 0 saturated carbocycles. The van der Waals surface area contributed by atoms with Gasteiger partial charge in [0.2, 0.25) is 0 Å². The molecule has 0 fully saturated rings. The second-order valence-electron chi connectivity index (χ2n) is 7.20. The van der Waals surface area contributed by atoms with Crippen molar-refractivity contribution in [3.05, 3.63) is 60.7 Å². The second kappa shape index (κ2) is 8.33. The van der Waals surface area contributed by atoms with Gasteiger partial charge in [0.05, 0.1) is 16.3 Å². The van der Waals surface area contributed by atoms with Gasteiger partial charge in [-0.1, -0.05) is 30.3 Å². The van der Waals surface area contributed by atoms with Crippen LogP contribution in [0.5, 0.6) is 5.75 Å². The van der Waals surface area contributed by atoms with E-state index in [1.807, 2.05) is 0 Å². The highest BCUT2D eigenvalue weighted by molar-refractivity contribution is 7.86. The summed E-state index contributed by atoms with van der Waals surface area (Å²) in [6.07, 6.45) is 0. The number of aromatic hydroxyl groups is 1. The first-order chi connectivity index (χ1) is 16.2. The average molecular weight is 539 g/mol. The Bertz CT molecular complexity index is 1880. The Labute approximate surface area is 198 Å². The number of azo groups is 1. The Hall–Kier alpha value is -3.47. The van der Waals surface area contributed by atoms with Crippen LogP contribution in [0, 0.1) is 0 Å². The monoisotopic (exact) mass is 538 g/mol. The molecule has 0 saturated heterocycles. The van der Waals surface area contributed by atoms with E-state index in [9.17, 15) is 44.0 Å². The van der Waals surface area contributed by atoms with Gasteiger partial charge in [0, 0.05) is 21.5 Å². The summed E-state index contributed by atoms with van der Waals surface area (Å²) in [5, 5.41) is 18.4. The molecule has 0 aliphatic carbocycles. The van der Waals surface area contributed by atoms with Gasteiger partial charge in [-0.05, 0) is 30.3 Å². The molecule has 0 spiro atoms. The van der Waals surface area contributed by atoms with E-state index in [0.717, 1.165) is 30.3 Å². The van der Waals surface area contributed by atoms with E-state index in [-0.39, 0.29) is 37.8 Å². The highest BCUT2D eigenvalue weighted by atomic mass is 32.2. The second-order valence-corrected chi connectivity index (χ2v) is 11.4. The molecule has 4 N–H and O–H groups in total. The Morgan fingerprint density at radius 1 is 0.543 bits per heavy atom. The summed E-state index contributed by atoms with van der Waals surface area (Å²) in [5.41, 5.74) is -0.0903. The Morgan fingerprint density at radius 2 is 1.11 bits per heavy atom. The maximum atomic E-state index is 11.8. The van der Waals surface area contributed by atoms with E-state index in [0.29, 0.717) is 0 Å². The lowest BCUT2D eigenvalue weighted by Gasteiger charge is -2.10. The largest absolute Gasteiger partial charge is 0.506 e. The smallest absolute Gasteiger partial charge is 0.298 e. The summed E-state index contributed by atoms with van der Waals surface area (Å²) in [6, 6.07) is 12.1. The summed E-state index contributed by atoms with van der Waals surface area (Å²) in [7, 11) is -14.3. The molecular formula is C20H14N2O10S3. The topological polar surface area (TPSA) is 208 Å². The summed E-state index contributed by atoms with van der Waals surface area (Å²) in [4.78, 5) is -2.01. The fourth-order valence-corrected chi connectivity index (χ4v) is 5.28. The minimum atomic E-state index is -4.99. The Morgan fingerprint density at radius 3 is 1.71 bits per heavy atom. The number of nitrogens with zero attached hydrogens (tertiary/aromatic N) is 2. The molecule has 0 aliphatic heterocycles. The van der Waals surface area contributed by atoms with E-state index in [2.05, 4.69) is 10.2 Å². The van der Waals surface area contributed by atoms with Crippen LogP contribution in [0.4, 0.5) is 11.4 Å². The molecule has 0 atom stereocenters. The standard InChI is InChI=1S/C20H14N2O10S3/c23-20-15-9-11(33(24,25)26)5-6-13(15)17(10-19(20)35(30,31)32)22-21-16-7-8-18(34(27,28)29)14-4-2-1-3-12(14)16/h1-10,23H,(H,24,25,26)(H,27,28,29)(H,30,31,32). The normalized spacial score (nSPS) is 13.1. The molecule has 0 unspecified atom stereocenters. The zero-order chi connectivity index (χ0) is 25.8. The van der Waals surface area contributed by atoms with Gasteiger partial charge in [0.15, 0.2) is 0 Å². The van der Waals surface area contributed by atoms with Gasteiger partial charge < -0.3 is 5.11 Å². The van der Waals surface area contributed by atoms with Crippen molar-refractivity contribution in [2.45, 2.75) is 14.7 Å². The van der Waals surface area contributed by atoms with Crippen LogP contribution in [0.15, 0.2) is 85.6 Å². The highest BCUT2D eigenvalue weighted by Gasteiger charge is 2.23. The number of rotatable bonds is 5. The van der Waals surface area contributed by atoms with E-state index in [4.69, 9.17) is 0 Å². The first-order valence-electron chi connectivity index (χ1n) is 9.33. The van der Waals surface area contributed by atoms with Crippen molar-refractivity contribution >= 4 is 63.3 Å². The molecule has 35 heavy (non-hydrogen) atoms. The molecule has 15 heteroatoms. The maximum Gasteiger partial charge on any atom is 0.298 e. The van der Waals surface area contributed by atoms with Crippen LogP contribution in [-0.2, 0) is 30.4 Å². The van der Waals surface area contributed by atoms with Gasteiger partial charge in [-0.2, -0.15) is 25.3 Å². The molecular weight excluding hydrogens is 524 g/mol. The molecule has 0 heterocycles.